The summed E-state index contributed by atoms with van der Waals surface area (Å²) < 4.78 is 4.94. The number of ether oxygens (including phenoxy) is 1. The minimum Gasteiger partial charge on any atom is -0.454 e. The van der Waals surface area contributed by atoms with Crippen molar-refractivity contribution in [3.63, 3.8) is 0 Å². The molecule has 1 heterocycles. The topological polar surface area (TPSA) is 119 Å². The molecule has 1 atom stereocenters. The molecule has 0 unspecified atom stereocenters. The van der Waals surface area contributed by atoms with Crippen LogP contribution < -0.4 is 5.32 Å². The molecule has 2 rings (SSSR count). The predicted octanol–water partition coefficient (Wildman–Crippen LogP) is 2.31. The number of benzene rings is 1. The van der Waals surface area contributed by atoms with Gasteiger partial charge in [-0.25, -0.2) is 0 Å². The summed E-state index contributed by atoms with van der Waals surface area (Å²) in [7, 11) is 0. The normalized spacial score (nSPS) is 16.4. The molecule has 152 valence electrons. The van der Waals surface area contributed by atoms with Crippen LogP contribution in [0.3, 0.4) is 0 Å². The first-order valence-electron chi connectivity index (χ1n) is 9.00. The number of esters is 1. The van der Waals surface area contributed by atoms with Crippen LogP contribution in [0.1, 0.15) is 43.0 Å². The highest BCUT2D eigenvalue weighted by Gasteiger charge is 2.26. The number of halogens is 1. The summed E-state index contributed by atoms with van der Waals surface area (Å²) in [6.07, 6.45) is 3.80. The number of hydrogen-bond acceptors (Lipinski definition) is 6. The molecule has 1 aromatic rings. The van der Waals surface area contributed by atoms with Gasteiger partial charge < -0.3 is 15.0 Å². The van der Waals surface area contributed by atoms with Gasteiger partial charge in [0, 0.05) is 24.2 Å². The molecule has 0 saturated carbocycles. The highest BCUT2D eigenvalue weighted by Crippen LogP contribution is 2.25. The standard InChI is InChI=1S/C18H22ClN3O6/c1-2-13-5-3-4-8-21(13)16(23)11-28-17(24)10-20-18(25)12-6-7-14(19)15(9-12)22(26)27/h6-7,9,13H,2-5,8,10-11H2,1H3,(H,20,25)/t13-/m1/s1. The molecule has 1 saturated heterocycles. The fourth-order valence-corrected chi connectivity index (χ4v) is 3.26. The van der Waals surface area contributed by atoms with Crippen LogP contribution in [0.15, 0.2) is 18.2 Å². The van der Waals surface area contributed by atoms with Gasteiger partial charge in [-0.05, 0) is 37.8 Å². The van der Waals surface area contributed by atoms with Crippen molar-refractivity contribution in [2.75, 3.05) is 19.7 Å². The number of likely N-dealkylation sites (tertiary alicyclic amines) is 1. The third kappa shape index (κ3) is 5.66. The first kappa shape index (κ1) is 21.6. The minimum absolute atomic E-state index is 0.0147. The summed E-state index contributed by atoms with van der Waals surface area (Å²) in [5, 5.41) is 13.1. The number of carbonyl (C=O) groups is 3. The SMILES string of the molecule is CC[C@@H]1CCCCN1C(=O)COC(=O)CNC(=O)c1ccc(Cl)c([N+](=O)[O-])c1. The van der Waals surface area contributed by atoms with Crippen LogP contribution in [-0.4, -0.2) is 53.3 Å². The van der Waals surface area contributed by atoms with E-state index in [2.05, 4.69) is 5.32 Å². The molecule has 2 amide bonds. The maximum atomic E-state index is 12.2. The van der Waals surface area contributed by atoms with E-state index in [0.717, 1.165) is 31.7 Å². The van der Waals surface area contributed by atoms with Gasteiger partial charge in [-0.15, -0.1) is 0 Å². The smallest absolute Gasteiger partial charge is 0.325 e. The number of nitrogens with one attached hydrogen (secondary N) is 1. The third-order valence-corrected chi connectivity index (χ3v) is 4.89. The Morgan fingerprint density at radius 3 is 2.79 bits per heavy atom. The monoisotopic (exact) mass is 411 g/mol. The zero-order valence-corrected chi connectivity index (χ0v) is 16.2. The highest BCUT2D eigenvalue weighted by molar-refractivity contribution is 6.32. The molecule has 0 spiro atoms. The second-order valence-corrected chi connectivity index (χ2v) is 6.82. The molecule has 0 bridgehead atoms. The molecule has 1 aromatic carbocycles. The van der Waals surface area contributed by atoms with Crippen LogP contribution >= 0.6 is 11.6 Å². The maximum Gasteiger partial charge on any atom is 0.325 e. The zero-order chi connectivity index (χ0) is 20.7. The van der Waals surface area contributed by atoms with E-state index in [1.165, 1.54) is 12.1 Å². The molecule has 9 nitrogen and oxygen atoms in total. The Hall–Kier alpha value is -2.68. The Balaban J connectivity index is 1.82. The Morgan fingerprint density at radius 2 is 2.11 bits per heavy atom. The maximum absolute atomic E-state index is 12.2. The summed E-state index contributed by atoms with van der Waals surface area (Å²) in [5.74, 6) is -1.71. The van der Waals surface area contributed by atoms with E-state index in [-0.39, 0.29) is 29.1 Å². The molecule has 1 N–H and O–H groups in total. The second-order valence-electron chi connectivity index (χ2n) is 6.41. The summed E-state index contributed by atoms with van der Waals surface area (Å²) in [4.78, 5) is 48.0. The first-order chi connectivity index (χ1) is 13.3. The lowest BCUT2D eigenvalue weighted by Gasteiger charge is -2.35. The van der Waals surface area contributed by atoms with Crippen molar-refractivity contribution in [2.45, 2.75) is 38.6 Å². The van der Waals surface area contributed by atoms with Crippen LogP contribution in [0.2, 0.25) is 5.02 Å². The van der Waals surface area contributed by atoms with Crippen molar-refractivity contribution < 1.29 is 24.0 Å². The van der Waals surface area contributed by atoms with E-state index >= 15 is 0 Å². The van der Waals surface area contributed by atoms with Crippen LogP contribution in [-0.2, 0) is 14.3 Å². The molecule has 0 aliphatic carbocycles. The Kier molecular flexibility index (Phi) is 7.74. The number of carbonyl (C=O) groups excluding carboxylic acids is 3. The van der Waals surface area contributed by atoms with E-state index in [4.69, 9.17) is 16.3 Å². The average molecular weight is 412 g/mol. The van der Waals surface area contributed by atoms with E-state index < -0.39 is 29.0 Å². The van der Waals surface area contributed by atoms with E-state index in [1.54, 1.807) is 4.90 Å². The minimum atomic E-state index is -0.768. The largest absolute Gasteiger partial charge is 0.454 e. The average Bonchev–Trinajstić information content (AvgIpc) is 2.70. The van der Waals surface area contributed by atoms with Gasteiger partial charge in [0.15, 0.2) is 6.61 Å². The Bertz CT molecular complexity index is 770. The number of rotatable bonds is 7. The van der Waals surface area contributed by atoms with Gasteiger partial charge in [-0.1, -0.05) is 18.5 Å². The molecule has 28 heavy (non-hydrogen) atoms. The Morgan fingerprint density at radius 1 is 1.36 bits per heavy atom. The second kappa shape index (κ2) is 10.0. The molecule has 0 radical (unpaired) electrons. The van der Waals surface area contributed by atoms with Crippen molar-refractivity contribution >= 4 is 35.1 Å². The molecule has 1 fully saturated rings. The van der Waals surface area contributed by atoms with Gasteiger partial charge in [0.1, 0.15) is 11.6 Å². The molecule has 1 aliphatic rings. The van der Waals surface area contributed by atoms with Gasteiger partial charge in [-0.2, -0.15) is 0 Å². The van der Waals surface area contributed by atoms with Crippen LogP contribution in [0.25, 0.3) is 0 Å². The molecular weight excluding hydrogens is 390 g/mol. The third-order valence-electron chi connectivity index (χ3n) is 4.57. The van der Waals surface area contributed by atoms with Crippen molar-refractivity contribution in [3.05, 3.63) is 38.9 Å². The fraction of sp³-hybridized carbons (Fsp3) is 0.500. The zero-order valence-electron chi connectivity index (χ0n) is 15.5. The van der Waals surface area contributed by atoms with Crippen molar-refractivity contribution in [3.8, 4) is 0 Å². The summed E-state index contributed by atoms with van der Waals surface area (Å²) in [6, 6.07) is 3.73. The number of hydrogen-bond donors (Lipinski definition) is 1. The highest BCUT2D eigenvalue weighted by atomic mass is 35.5. The van der Waals surface area contributed by atoms with Crippen molar-refractivity contribution in [2.24, 2.45) is 0 Å². The summed E-state index contributed by atoms with van der Waals surface area (Å²) >= 11 is 5.70. The lowest BCUT2D eigenvalue weighted by Crippen LogP contribution is -2.45. The van der Waals surface area contributed by atoms with Gasteiger partial charge >= 0.3 is 5.97 Å². The lowest BCUT2D eigenvalue weighted by molar-refractivity contribution is -0.384. The first-order valence-corrected chi connectivity index (χ1v) is 9.38. The molecule has 1 aliphatic heterocycles. The van der Waals surface area contributed by atoms with Gasteiger partial charge in [-0.3, -0.25) is 24.5 Å². The van der Waals surface area contributed by atoms with E-state index in [0.29, 0.717) is 6.54 Å². The Labute approximate surface area is 167 Å². The van der Waals surface area contributed by atoms with Gasteiger partial charge in [0.05, 0.1) is 4.92 Å². The number of nitrogens with zero attached hydrogens (tertiary/aromatic N) is 2. The fourth-order valence-electron chi connectivity index (χ4n) is 3.08. The quantitative estimate of drug-likeness (QED) is 0.417. The van der Waals surface area contributed by atoms with Crippen LogP contribution in [0.4, 0.5) is 5.69 Å². The predicted molar refractivity (Wildman–Crippen MR) is 101 cm³/mol. The number of nitro groups is 1. The lowest BCUT2D eigenvalue weighted by atomic mass is 10.00. The molecular formula is C18H22ClN3O6. The van der Waals surface area contributed by atoms with E-state index in [1.807, 2.05) is 6.92 Å². The van der Waals surface area contributed by atoms with Crippen molar-refractivity contribution in [1.29, 1.82) is 0 Å². The number of piperidine rings is 1. The summed E-state index contributed by atoms with van der Waals surface area (Å²) in [5.41, 5.74) is -0.423. The van der Waals surface area contributed by atoms with Crippen molar-refractivity contribution in [1.82, 2.24) is 10.2 Å². The van der Waals surface area contributed by atoms with E-state index in [9.17, 15) is 24.5 Å². The number of amides is 2. The molecule has 10 heteroatoms. The molecule has 0 aromatic heterocycles. The number of nitro benzene ring substituents is 1. The van der Waals surface area contributed by atoms with Gasteiger partial charge in [0.25, 0.3) is 17.5 Å². The summed E-state index contributed by atoms with van der Waals surface area (Å²) in [6.45, 7) is 1.83. The van der Waals surface area contributed by atoms with Crippen LogP contribution in [0.5, 0.6) is 0 Å². The van der Waals surface area contributed by atoms with Crippen LogP contribution in [0, 0.1) is 10.1 Å². The van der Waals surface area contributed by atoms with Gasteiger partial charge in [0.2, 0.25) is 0 Å².